The third-order valence-electron chi connectivity index (χ3n) is 2.88. The number of hydrogen-bond donors (Lipinski definition) is 1. The standard InChI is InChI=1S/C14H13Cl2FN2/c1-18-14(13-5-3-10(15)8-19-13)7-9-2-4-11(16)12(17)6-9/h2-6,8,14,18H,7H2,1H3. The molecule has 0 aliphatic rings. The minimum absolute atomic E-state index is 0.00200. The molecule has 100 valence electrons. The van der Waals surface area contributed by atoms with Crippen LogP contribution in [0.25, 0.3) is 0 Å². The predicted octanol–water partition coefficient (Wildman–Crippen LogP) is 4.03. The molecule has 0 spiro atoms. The summed E-state index contributed by atoms with van der Waals surface area (Å²) in [5.41, 5.74) is 1.72. The molecule has 1 heterocycles. The van der Waals surface area contributed by atoms with Crippen LogP contribution in [0.3, 0.4) is 0 Å². The molecular weight excluding hydrogens is 286 g/mol. The van der Waals surface area contributed by atoms with E-state index in [1.54, 1.807) is 18.3 Å². The van der Waals surface area contributed by atoms with Crippen molar-refractivity contribution in [2.75, 3.05) is 7.05 Å². The summed E-state index contributed by atoms with van der Waals surface area (Å²) in [6, 6.07) is 8.47. The van der Waals surface area contributed by atoms with Crippen LogP contribution in [0.4, 0.5) is 4.39 Å². The summed E-state index contributed by atoms with van der Waals surface area (Å²) in [6.45, 7) is 0. The zero-order chi connectivity index (χ0) is 13.8. The van der Waals surface area contributed by atoms with Gasteiger partial charge in [-0.25, -0.2) is 4.39 Å². The smallest absolute Gasteiger partial charge is 0.142 e. The molecule has 19 heavy (non-hydrogen) atoms. The van der Waals surface area contributed by atoms with E-state index in [0.717, 1.165) is 11.3 Å². The average Bonchev–Trinajstić information content (AvgIpc) is 2.41. The molecule has 0 aliphatic carbocycles. The second-order valence-corrected chi connectivity index (χ2v) is 5.04. The van der Waals surface area contributed by atoms with Gasteiger partial charge in [-0.3, -0.25) is 4.98 Å². The lowest BCUT2D eigenvalue weighted by Crippen LogP contribution is -2.20. The Labute approximate surface area is 121 Å². The molecule has 0 saturated heterocycles. The summed E-state index contributed by atoms with van der Waals surface area (Å²) in [4.78, 5) is 4.27. The number of pyridine rings is 1. The molecule has 2 nitrogen and oxygen atoms in total. The van der Waals surface area contributed by atoms with Gasteiger partial charge in [0.15, 0.2) is 0 Å². The van der Waals surface area contributed by atoms with Crippen LogP contribution in [-0.4, -0.2) is 12.0 Å². The molecule has 0 amide bonds. The van der Waals surface area contributed by atoms with Crippen molar-refractivity contribution in [2.24, 2.45) is 0 Å². The van der Waals surface area contributed by atoms with Crippen LogP contribution >= 0.6 is 23.2 Å². The lowest BCUT2D eigenvalue weighted by molar-refractivity contribution is 0.570. The quantitative estimate of drug-likeness (QED) is 0.922. The van der Waals surface area contributed by atoms with Gasteiger partial charge in [-0.1, -0.05) is 29.3 Å². The number of hydrogen-bond acceptors (Lipinski definition) is 2. The lowest BCUT2D eigenvalue weighted by atomic mass is 10.0. The van der Waals surface area contributed by atoms with Crippen molar-refractivity contribution in [3.63, 3.8) is 0 Å². The number of likely N-dealkylation sites (N-methyl/N-ethyl adjacent to an activating group) is 1. The minimum atomic E-state index is -0.405. The first-order chi connectivity index (χ1) is 9.10. The summed E-state index contributed by atoms with van der Waals surface area (Å²) in [7, 11) is 1.84. The Kier molecular flexibility index (Phi) is 4.75. The SMILES string of the molecule is CNC(Cc1ccc(Cl)c(F)c1)c1ccc(Cl)cn1. The summed E-state index contributed by atoms with van der Waals surface area (Å²) < 4.78 is 13.4. The topological polar surface area (TPSA) is 24.9 Å². The molecule has 1 aromatic carbocycles. The van der Waals surface area contributed by atoms with E-state index in [0.29, 0.717) is 11.4 Å². The van der Waals surface area contributed by atoms with Gasteiger partial charge in [0.1, 0.15) is 5.82 Å². The fourth-order valence-corrected chi connectivity index (χ4v) is 2.08. The van der Waals surface area contributed by atoms with E-state index in [4.69, 9.17) is 23.2 Å². The molecule has 1 unspecified atom stereocenters. The molecule has 1 atom stereocenters. The average molecular weight is 299 g/mol. The molecule has 0 radical (unpaired) electrons. The van der Waals surface area contributed by atoms with E-state index in [1.165, 1.54) is 6.07 Å². The first kappa shape index (κ1) is 14.3. The highest BCUT2D eigenvalue weighted by atomic mass is 35.5. The van der Waals surface area contributed by atoms with Crippen LogP contribution in [0.2, 0.25) is 10.0 Å². The van der Waals surface area contributed by atoms with E-state index < -0.39 is 5.82 Å². The highest BCUT2D eigenvalue weighted by Crippen LogP contribution is 2.21. The monoisotopic (exact) mass is 298 g/mol. The van der Waals surface area contributed by atoms with E-state index >= 15 is 0 Å². The first-order valence-electron chi connectivity index (χ1n) is 5.83. The number of nitrogens with zero attached hydrogens (tertiary/aromatic N) is 1. The van der Waals surface area contributed by atoms with Gasteiger partial charge in [-0.05, 0) is 43.3 Å². The minimum Gasteiger partial charge on any atom is -0.311 e. The van der Waals surface area contributed by atoms with Crippen LogP contribution in [0, 0.1) is 5.82 Å². The van der Waals surface area contributed by atoms with Gasteiger partial charge in [-0.15, -0.1) is 0 Å². The second kappa shape index (κ2) is 6.33. The van der Waals surface area contributed by atoms with Gasteiger partial charge in [0.05, 0.1) is 21.8 Å². The van der Waals surface area contributed by atoms with Crippen LogP contribution in [0.1, 0.15) is 17.3 Å². The molecular formula is C14H13Cl2FN2. The normalized spacial score (nSPS) is 12.4. The van der Waals surface area contributed by atoms with Gasteiger partial charge in [-0.2, -0.15) is 0 Å². The van der Waals surface area contributed by atoms with Crippen molar-refractivity contribution in [3.05, 3.63) is 63.6 Å². The zero-order valence-corrected chi connectivity index (χ0v) is 11.8. The number of rotatable bonds is 4. The third kappa shape index (κ3) is 3.66. The van der Waals surface area contributed by atoms with Gasteiger partial charge >= 0.3 is 0 Å². The van der Waals surface area contributed by atoms with Crippen molar-refractivity contribution in [1.82, 2.24) is 10.3 Å². The Morgan fingerprint density at radius 2 is 2.05 bits per heavy atom. The van der Waals surface area contributed by atoms with Gasteiger partial charge in [0.25, 0.3) is 0 Å². The molecule has 5 heteroatoms. The molecule has 2 rings (SSSR count). The molecule has 0 aliphatic heterocycles. The Morgan fingerprint density at radius 1 is 1.26 bits per heavy atom. The van der Waals surface area contributed by atoms with Gasteiger partial charge in [0, 0.05) is 6.20 Å². The molecule has 0 fully saturated rings. The molecule has 1 aromatic heterocycles. The molecule has 2 aromatic rings. The van der Waals surface area contributed by atoms with Crippen LogP contribution in [-0.2, 0) is 6.42 Å². The largest absolute Gasteiger partial charge is 0.311 e. The highest BCUT2D eigenvalue weighted by molar-refractivity contribution is 6.30. The van der Waals surface area contributed by atoms with E-state index in [9.17, 15) is 4.39 Å². The Bertz CT molecular complexity index is 558. The second-order valence-electron chi connectivity index (χ2n) is 4.20. The highest BCUT2D eigenvalue weighted by Gasteiger charge is 2.12. The maximum absolute atomic E-state index is 13.4. The molecule has 0 saturated carbocycles. The predicted molar refractivity (Wildman–Crippen MR) is 76.2 cm³/mol. The maximum atomic E-state index is 13.4. The van der Waals surface area contributed by atoms with E-state index in [-0.39, 0.29) is 11.1 Å². The Morgan fingerprint density at radius 3 is 2.63 bits per heavy atom. The number of halogens is 3. The fourth-order valence-electron chi connectivity index (χ4n) is 1.85. The van der Waals surface area contributed by atoms with Crippen molar-refractivity contribution < 1.29 is 4.39 Å². The summed E-state index contributed by atoms with van der Waals surface area (Å²) >= 11 is 11.5. The number of benzene rings is 1. The number of aromatic nitrogens is 1. The molecule has 1 N–H and O–H groups in total. The van der Waals surface area contributed by atoms with Gasteiger partial charge < -0.3 is 5.32 Å². The van der Waals surface area contributed by atoms with Crippen molar-refractivity contribution >= 4 is 23.2 Å². The Hall–Kier alpha value is -1.16. The van der Waals surface area contributed by atoms with Crippen molar-refractivity contribution in [1.29, 1.82) is 0 Å². The number of nitrogens with one attached hydrogen (secondary N) is 1. The summed E-state index contributed by atoms with van der Waals surface area (Å²) in [5.74, 6) is -0.405. The Balaban J connectivity index is 2.18. The third-order valence-corrected chi connectivity index (χ3v) is 3.41. The van der Waals surface area contributed by atoms with Crippen LogP contribution in [0.5, 0.6) is 0 Å². The first-order valence-corrected chi connectivity index (χ1v) is 6.58. The zero-order valence-electron chi connectivity index (χ0n) is 10.3. The van der Waals surface area contributed by atoms with Crippen LogP contribution in [0.15, 0.2) is 36.5 Å². The summed E-state index contributed by atoms with van der Waals surface area (Å²) in [5, 5.41) is 3.89. The summed E-state index contributed by atoms with van der Waals surface area (Å²) in [6.07, 6.45) is 2.23. The molecule has 0 bridgehead atoms. The van der Waals surface area contributed by atoms with Gasteiger partial charge in [0.2, 0.25) is 0 Å². The van der Waals surface area contributed by atoms with Crippen molar-refractivity contribution in [2.45, 2.75) is 12.5 Å². The fraction of sp³-hybridized carbons (Fsp3) is 0.214. The van der Waals surface area contributed by atoms with Crippen molar-refractivity contribution in [3.8, 4) is 0 Å². The van der Waals surface area contributed by atoms with E-state index in [1.807, 2.05) is 19.2 Å². The van der Waals surface area contributed by atoms with E-state index in [2.05, 4.69) is 10.3 Å². The van der Waals surface area contributed by atoms with Crippen LogP contribution < -0.4 is 5.32 Å². The maximum Gasteiger partial charge on any atom is 0.142 e. The lowest BCUT2D eigenvalue weighted by Gasteiger charge is -2.16.